The molecular weight excluding hydrogens is 288 g/mol. The molecule has 1 aliphatic heterocycles. The van der Waals surface area contributed by atoms with Crippen molar-refractivity contribution in [2.75, 3.05) is 26.3 Å². The molecule has 0 radical (unpaired) electrons. The third-order valence-corrected chi connectivity index (χ3v) is 3.03. The molecule has 3 nitrogen and oxygen atoms in total. The Morgan fingerprint density at radius 1 is 1.25 bits per heavy atom. The average Bonchev–Trinajstić information content (AvgIpc) is 2.47. The van der Waals surface area contributed by atoms with Gasteiger partial charge in [0.25, 0.3) is 0 Å². The van der Waals surface area contributed by atoms with Crippen molar-refractivity contribution in [3.05, 3.63) is 34.9 Å². The van der Waals surface area contributed by atoms with E-state index in [-0.39, 0.29) is 26.3 Å². The number of benzene rings is 1. The zero-order chi connectivity index (χ0) is 14.6. The van der Waals surface area contributed by atoms with Crippen LogP contribution in [-0.2, 0) is 9.53 Å². The third-order valence-electron chi connectivity index (χ3n) is 2.77. The first-order chi connectivity index (χ1) is 9.49. The van der Waals surface area contributed by atoms with Crippen LogP contribution in [0.5, 0.6) is 0 Å². The van der Waals surface area contributed by atoms with E-state index in [4.69, 9.17) is 16.3 Å². The third kappa shape index (κ3) is 3.69. The molecule has 1 heterocycles. The Labute approximate surface area is 120 Å². The van der Waals surface area contributed by atoms with Crippen LogP contribution in [0.3, 0.4) is 0 Å². The number of hydrogen-bond acceptors (Lipinski definition) is 2. The van der Waals surface area contributed by atoms with Gasteiger partial charge in [-0.3, -0.25) is 4.79 Å². The molecule has 1 fully saturated rings. The number of amides is 1. The van der Waals surface area contributed by atoms with Gasteiger partial charge in [-0.05, 0) is 30.2 Å². The van der Waals surface area contributed by atoms with Gasteiger partial charge in [-0.25, -0.2) is 0 Å². The van der Waals surface area contributed by atoms with E-state index in [0.717, 1.165) is 4.90 Å². The van der Waals surface area contributed by atoms with E-state index in [1.807, 2.05) is 0 Å². The Morgan fingerprint density at radius 2 is 1.85 bits per heavy atom. The first-order valence-corrected chi connectivity index (χ1v) is 6.40. The Kier molecular flexibility index (Phi) is 4.58. The minimum Gasteiger partial charge on any atom is -0.378 e. The number of rotatable bonds is 1. The lowest BCUT2D eigenvalue weighted by molar-refractivity contribution is -0.153. The number of morpholine rings is 1. The van der Waals surface area contributed by atoms with Crippen molar-refractivity contribution >= 4 is 17.5 Å². The van der Waals surface area contributed by atoms with E-state index in [1.165, 1.54) is 12.1 Å². The minimum atomic E-state index is -3.70. The van der Waals surface area contributed by atoms with Gasteiger partial charge in [-0.2, -0.15) is 8.78 Å². The monoisotopic (exact) mass is 299 g/mol. The van der Waals surface area contributed by atoms with Crippen LogP contribution in [0, 0.1) is 11.8 Å². The van der Waals surface area contributed by atoms with Crippen molar-refractivity contribution in [2.24, 2.45) is 0 Å². The summed E-state index contributed by atoms with van der Waals surface area (Å²) in [6.45, 7) is 0.868. The molecule has 0 saturated carbocycles. The lowest BCUT2D eigenvalue weighted by Gasteiger charge is -2.28. The maximum Gasteiger partial charge on any atom is 0.385 e. The number of halogens is 3. The van der Waals surface area contributed by atoms with E-state index in [2.05, 4.69) is 5.92 Å². The molecule has 6 heteroatoms. The molecule has 106 valence electrons. The molecule has 2 rings (SSSR count). The zero-order valence-corrected chi connectivity index (χ0v) is 11.3. The number of hydrogen-bond donors (Lipinski definition) is 0. The summed E-state index contributed by atoms with van der Waals surface area (Å²) in [6.07, 6.45) is 0. The van der Waals surface area contributed by atoms with Gasteiger partial charge < -0.3 is 9.64 Å². The fourth-order valence-corrected chi connectivity index (χ4v) is 1.83. The molecule has 20 heavy (non-hydrogen) atoms. The summed E-state index contributed by atoms with van der Waals surface area (Å²) in [5, 5.41) is 0.492. The van der Waals surface area contributed by atoms with Crippen molar-refractivity contribution in [1.29, 1.82) is 0 Å². The zero-order valence-electron chi connectivity index (χ0n) is 10.5. The van der Waals surface area contributed by atoms with E-state index in [9.17, 15) is 13.6 Å². The maximum atomic E-state index is 13.7. The standard InChI is InChI=1S/C14H12ClF2NO2/c15-12-3-1-11(2-4-12)5-6-14(16,17)13(19)18-7-9-20-10-8-18/h1-4H,7-10H2. The van der Waals surface area contributed by atoms with Crippen LogP contribution in [0.1, 0.15) is 5.56 Å². The molecule has 0 aliphatic carbocycles. The van der Waals surface area contributed by atoms with Gasteiger partial charge in [0.05, 0.1) is 13.2 Å². The summed E-state index contributed by atoms with van der Waals surface area (Å²) < 4.78 is 32.5. The highest BCUT2D eigenvalue weighted by Gasteiger charge is 2.40. The SMILES string of the molecule is O=C(N1CCOCC1)C(F)(F)C#Cc1ccc(Cl)cc1. The lowest BCUT2D eigenvalue weighted by atomic mass is 10.2. The molecule has 1 saturated heterocycles. The van der Waals surface area contributed by atoms with E-state index in [0.29, 0.717) is 10.6 Å². The van der Waals surface area contributed by atoms with Gasteiger partial charge >= 0.3 is 11.8 Å². The minimum absolute atomic E-state index is 0.164. The predicted molar refractivity (Wildman–Crippen MR) is 70.7 cm³/mol. The first kappa shape index (κ1) is 14.8. The van der Waals surface area contributed by atoms with Crippen LogP contribution < -0.4 is 0 Å². The highest BCUT2D eigenvalue weighted by Crippen LogP contribution is 2.17. The molecule has 0 spiro atoms. The maximum absolute atomic E-state index is 13.7. The van der Waals surface area contributed by atoms with Gasteiger partial charge in [0.15, 0.2) is 0 Å². The summed E-state index contributed by atoms with van der Waals surface area (Å²) in [6, 6.07) is 6.14. The van der Waals surface area contributed by atoms with Crippen molar-refractivity contribution in [2.45, 2.75) is 5.92 Å². The fraction of sp³-hybridized carbons (Fsp3) is 0.357. The Morgan fingerprint density at radius 3 is 2.45 bits per heavy atom. The second-order valence-electron chi connectivity index (χ2n) is 4.24. The second kappa shape index (κ2) is 6.21. The molecular formula is C14H12ClF2NO2. The van der Waals surface area contributed by atoms with Crippen molar-refractivity contribution < 1.29 is 18.3 Å². The van der Waals surface area contributed by atoms with Crippen LogP contribution in [-0.4, -0.2) is 43.0 Å². The van der Waals surface area contributed by atoms with E-state index < -0.39 is 11.8 Å². The molecule has 0 N–H and O–H groups in total. The summed E-state index contributed by atoms with van der Waals surface area (Å²) in [5.74, 6) is -0.945. The number of alkyl halides is 2. The largest absolute Gasteiger partial charge is 0.385 e. The number of carbonyl (C=O) groups excluding carboxylic acids is 1. The topological polar surface area (TPSA) is 29.5 Å². The Bertz CT molecular complexity index is 543. The molecule has 0 unspecified atom stereocenters. The van der Waals surface area contributed by atoms with E-state index in [1.54, 1.807) is 18.1 Å². The highest BCUT2D eigenvalue weighted by molar-refractivity contribution is 6.30. The predicted octanol–water partition coefficient (Wildman–Crippen LogP) is 2.19. The normalized spacial score (nSPS) is 15.4. The van der Waals surface area contributed by atoms with Crippen molar-refractivity contribution in [3.63, 3.8) is 0 Å². The molecule has 1 amide bonds. The first-order valence-electron chi connectivity index (χ1n) is 6.03. The number of nitrogens with zero attached hydrogens (tertiary/aromatic N) is 1. The van der Waals surface area contributed by atoms with Crippen LogP contribution in [0.2, 0.25) is 5.02 Å². The van der Waals surface area contributed by atoms with Gasteiger partial charge in [-0.1, -0.05) is 17.5 Å². The summed E-state index contributed by atoms with van der Waals surface area (Å²) in [4.78, 5) is 12.8. The molecule has 0 bridgehead atoms. The van der Waals surface area contributed by atoms with Gasteiger partial charge in [0.1, 0.15) is 0 Å². The average molecular weight is 300 g/mol. The van der Waals surface area contributed by atoms with Gasteiger partial charge in [-0.15, -0.1) is 0 Å². The Hall–Kier alpha value is -1.64. The van der Waals surface area contributed by atoms with Crippen LogP contribution in [0.15, 0.2) is 24.3 Å². The molecule has 1 aliphatic rings. The fourth-order valence-electron chi connectivity index (χ4n) is 1.70. The molecule has 0 atom stereocenters. The molecule has 0 aromatic heterocycles. The Balaban J connectivity index is 2.10. The van der Waals surface area contributed by atoms with Crippen molar-refractivity contribution in [1.82, 2.24) is 4.90 Å². The molecule has 1 aromatic carbocycles. The smallest absolute Gasteiger partial charge is 0.378 e. The number of carbonyl (C=O) groups is 1. The second-order valence-corrected chi connectivity index (χ2v) is 4.67. The van der Waals surface area contributed by atoms with Gasteiger partial charge in [0.2, 0.25) is 0 Å². The highest BCUT2D eigenvalue weighted by atomic mass is 35.5. The summed E-state index contributed by atoms with van der Waals surface area (Å²) in [7, 11) is 0. The quantitative estimate of drug-likeness (QED) is 0.744. The van der Waals surface area contributed by atoms with Crippen LogP contribution in [0.4, 0.5) is 8.78 Å². The lowest BCUT2D eigenvalue weighted by Crippen LogP contribution is -2.48. The summed E-state index contributed by atoms with van der Waals surface area (Å²) >= 11 is 5.68. The number of ether oxygens (including phenoxy) is 1. The van der Waals surface area contributed by atoms with Crippen molar-refractivity contribution in [3.8, 4) is 11.8 Å². The summed E-state index contributed by atoms with van der Waals surface area (Å²) in [5.41, 5.74) is 0.379. The van der Waals surface area contributed by atoms with Crippen LogP contribution >= 0.6 is 11.6 Å². The molecule has 1 aromatic rings. The van der Waals surface area contributed by atoms with E-state index >= 15 is 0 Å². The van der Waals surface area contributed by atoms with Gasteiger partial charge in [0, 0.05) is 23.7 Å². The van der Waals surface area contributed by atoms with Crippen LogP contribution in [0.25, 0.3) is 0 Å².